The number of sulfonamides is 1. The second kappa shape index (κ2) is 5.09. The number of rotatable bonds is 3. The summed E-state index contributed by atoms with van der Waals surface area (Å²) in [5.41, 5.74) is 6.12. The maximum atomic E-state index is 13.7. The molecule has 1 fully saturated rings. The van der Waals surface area contributed by atoms with Gasteiger partial charge in [0.05, 0.1) is 4.90 Å². The van der Waals surface area contributed by atoms with Crippen LogP contribution < -0.4 is 5.73 Å². The van der Waals surface area contributed by atoms with Gasteiger partial charge in [-0.05, 0) is 38.3 Å². The van der Waals surface area contributed by atoms with E-state index in [2.05, 4.69) is 0 Å². The topological polar surface area (TPSA) is 63.4 Å². The molecule has 1 aliphatic rings. The third-order valence-corrected chi connectivity index (χ3v) is 5.69. The van der Waals surface area contributed by atoms with Crippen LogP contribution in [0, 0.1) is 12.7 Å². The Bertz CT molecular complexity index is 563. The second-order valence-corrected chi connectivity index (χ2v) is 6.83. The fraction of sp³-hybridized carbons (Fsp3) is 0.538. The van der Waals surface area contributed by atoms with Crippen LogP contribution in [-0.2, 0) is 10.0 Å². The molecule has 0 spiro atoms. The van der Waals surface area contributed by atoms with Crippen LogP contribution in [-0.4, -0.2) is 25.3 Å². The fourth-order valence-corrected chi connectivity index (χ4v) is 4.31. The molecule has 1 unspecified atom stereocenters. The van der Waals surface area contributed by atoms with Gasteiger partial charge < -0.3 is 5.73 Å². The van der Waals surface area contributed by atoms with Crippen molar-refractivity contribution in [3.05, 3.63) is 23.5 Å². The van der Waals surface area contributed by atoms with Gasteiger partial charge in [0.1, 0.15) is 5.82 Å². The Morgan fingerprint density at radius 1 is 1.47 bits per heavy atom. The van der Waals surface area contributed by atoms with Crippen molar-refractivity contribution in [2.24, 2.45) is 0 Å². The van der Waals surface area contributed by atoms with Gasteiger partial charge in [0.15, 0.2) is 0 Å². The number of nitrogen functional groups attached to an aromatic ring is 1. The summed E-state index contributed by atoms with van der Waals surface area (Å²) < 4.78 is 40.2. The summed E-state index contributed by atoms with van der Waals surface area (Å²) >= 11 is 0. The van der Waals surface area contributed by atoms with Crippen LogP contribution in [0.5, 0.6) is 0 Å². The highest BCUT2D eigenvalue weighted by atomic mass is 32.2. The van der Waals surface area contributed by atoms with Crippen LogP contribution in [0.15, 0.2) is 17.0 Å². The van der Waals surface area contributed by atoms with Crippen molar-refractivity contribution in [3.63, 3.8) is 0 Å². The molecule has 2 rings (SSSR count). The average Bonchev–Trinajstić information content (AvgIpc) is 2.84. The minimum Gasteiger partial charge on any atom is -0.398 e. The Labute approximate surface area is 113 Å². The highest BCUT2D eigenvalue weighted by Crippen LogP contribution is 2.30. The maximum Gasteiger partial charge on any atom is 0.243 e. The van der Waals surface area contributed by atoms with Gasteiger partial charge in [-0.3, -0.25) is 0 Å². The monoisotopic (exact) mass is 286 g/mol. The summed E-state index contributed by atoms with van der Waals surface area (Å²) in [5.74, 6) is -0.578. The van der Waals surface area contributed by atoms with Gasteiger partial charge in [0.25, 0.3) is 0 Å². The van der Waals surface area contributed by atoms with E-state index in [1.807, 2.05) is 6.92 Å². The number of nitrogens with two attached hydrogens (primary N) is 1. The molecule has 1 atom stereocenters. The molecule has 1 aromatic rings. The first kappa shape index (κ1) is 14.3. The zero-order valence-corrected chi connectivity index (χ0v) is 12.0. The zero-order valence-electron chi connectivity index (χ0n) is 11.2. The maximum absolute atomic E-state index is 13.7. The van der Waals surface area contributed by atoms with Crippen LogP contribution in [0.3, 0.4) is 0 Å². The van der Waals surface area contributed by atoms with Gasteiger partial charge in [-0.1, -0.05) is 6.92 Å². The number of benzene rings is 1. The van der Waals surface area contributed by atoms with E-state index in [1.165, 1.54) is 17.3 Å². The van der Waals surface area contributed by atoms with Crippen molar-refractivity contribution < 1.29 is 12.8 Å². The molecule has 2 N–H and O–H groups in total. The van der Waals surface area contributed by atoms with Gasteiger partial charge in [0.2, 0.25) is 10.0 Å². The van der Waals surface area contributed by atoms with Crippen LogP contribution in [0.2, 0.25) is 0 Å². The Kier molecular flexibility index (Phi) is 3.82. The molecular formula is C13H19FN2O2S. The zero-order chi connectivity index (χ0) is 14.2. The molecule has 4 nitrogen and oxygen atoms in total. The average molecular weight is 286 g/mol. The van der Waals surface area contributed by atoms with E-state index >= 15 is 0 Å². The van der Waals surface area contributed by atoms with Crippen LogP contribution in [0.1, 0.15) is 31.7 Å². The van der Waals surface area contributed by atoms with Gasteiger partial charge in [0, 0.05) is 23.8 Å². The van der Waals surface area contributed by atoms with Crippen LogP contribution in [0.25, 0.3) is 0 Å². The summed E-state index contributed by atoms with van der Waals surface area (Å²) in [6.07, 6.45) is 2.48. The van der Waals surface area contributed by atoms with Crippen LogP contribution in [0.4, 0.5) is 10.1 Å². The number of nitrogens with zero attached hydrogens (tertiary/aromatic N) is 1. The minimum absolute atomic E-state index is 0.00980. The third kappa shape index (κ3) is 2.47. The highest BCUT2D eigenvalue weighted by Gasteiger charge is 2.34. The first-order chi connectivity index (χ1) is 8.87. The molecule has 19 heavy (non-hydrogen) atoms. The minimum atomic E-state index is -3.65. The van der Waals surface area contributed by atoms with Gasteiger partial charge in [-0.2, -0.15) is 4.31 Å². The van der Waals surface area contributed by atoms with Crippen molar-refractivity contribution in [3.8, 4) is 0 Å². The molecule has 1 aromatic carbocycles. The molecule has 0 aromatic heterocycles. The van der Waals surface area contributed by atoms with Crippen molar-refractivity contribution >= 4 is 15.7 Å². The molecule has 1 saturated heterocycles. The predicted molar refractivity (Wildman–Crippen MR) is 72.8 cm³/mol. The van der Waals surface area contributed by atoms with E-state index < -0.39 is 15.8 Å². The van der Waals surface area contributed by atoms with Crippen molar-refractivity contribution in [1.82, 2.24) is 4.31 Å². The lowest BCUT2D eigenvalue weighted by Gasteiger charge is -2.23. The number of hydrogen-bond acceptors (Lipinski definition) is 3. The Morgan fingerprint density at radius 2 is 2.16 bits per heavy atom. The summed E-state index contributed by atoms with van der Waals surface area (Å²) in [6.45, 7) is 3.99. The molecule has 0 amide bonds. The van der Waals surface area contributed by atoms with Gasteiger partial charge in [-0.25, -0.2) is 12.8 Å². The van der Waals surface area contributed by atoms with E-state index in [4.69, 9.17) is 5.73 Å². The largest absolute Gasteiger partial charge is 0.398 e. The summed E-state index contributed by atoms with van der Waals surface area (Å²) in [4.78, 5) is -0.0477. The van der Waals surface area contributed by atoms with Crippen molar-refractivity contribution in [2.45, 2.75) is 44.0 Å². The molecule has 0 bridgehead atoms. The number of hydrogen-bond donors (Lipinski definition) is 1. The lowest BCUT2D eigenvalue weighted by molar-refractivity contribution is 0.379. The summed E-state index contributed by atoms with van der Waals surface area (Å²) in [5, 5.41) is 0. The highest BCUT2D eigenvalue weighted by molar-refractivity contribution is 7.89. The number of anilines is 1. The Balaban J connectivity index is 2.45. The standard InChI is InChI=1S/C13H19FN2O2S/c1-3-10-5-4-6-16(10)19(17,18)11-7-12(14)9(2)13(15)8-11/h7-8,10H,3-6,15H2,1-2H3. The lowest BCUT2D eigenvalue weighted by atomic mass is 10.2. The molecule has 0 aliphatic carbocycles. The Morgan fingerprint density at radius 3 is 2.74 bits per heavy atom. The molecule has 0 saturated carbocycles. The quantitative estimate of drug-likeness (QED) is 0.867. The van der Waals surface area contributed by atoms with E-state index in [1.54, 1.807) is 0 Å². The second-order valence-electron chi connectivity index (χ2n) is 4.94. The SMILES string of the molecule is CCC1CCCN1S(=O)(=O)c1cc(N)c(C)c(F)c1. The van der Waals surface area contributed by atoms with E-state index in [0.717, 1.165) is 25.3 Å². The molecule has 6 heteroatoms. The lowest BCUT2D eigenvalue weighted by Crippen LogP contribution is -2.35. The van der Waals surface area contributed by atoms with E-state index in [0.29, 0.717) is 6.54 Å². The van der Waals surface area contributed by atoms with Gasteiger partial charge >= 0.3 is 0 Å². The number of halogens is 1. The third-order valence-electron chi connectivity index (χ3n) is 3.76. The Hall–Kier alpha value is -1.14. The first-order valence-electron chi connectivity index (χ1n) is 6.45. The van der Waals surface area contributed by atoms with Crippen molar-refractivity contribution in [2.75, 3.05) is 12.3 Å². The molecule has 1 heterocycles. The molecular weight excluding hydrogens is 267 g/mol. The molecule has 1 aliphatic heterocycles. The summed E-state index contributed by atoms with van der Waals surface area (Å²) in [6, 6.07) is 2.42. The van der Waals surface area contributed by atoms with E-state index in [9.17, 15) is 12.8 Å². The van der Waals surface area contributed by atoms with Crippen LogP contribution >= 0.6 is 0 Å². The smallest absolute Gasteiger partial charge is 0.243 e. The van der Waals surface area contributed by atoms with E-state index in [-0.39, 0.29) is 22.2 Å². The molecule has 0 radical (unpaired) electrons. The summed E-state index contributed by atoms with van der Waals surface area (Å²) in [7, 11) is -3.65. The van der Waals surface area contributed by atoms with Crippen molar-refractivity contribution in [1.29, 1.82) is 0 Å². The fourth-order valence-electron chi connectivity index (χ4n) is 2.49. The predicted octanol–water partition coefficient (Wildman–Crippen LogP) is 2.28. The normalized spacial score (nSPS) is 20.9. The molecule has 106 valence electrons. The first-order valence-corrected chi connectivity index (χ1v) is 7.89. The van der Waals surface area contributed by atoms with Gasteiger partial charge in [-0.15, -0.1) is 0 Å².